The van der Waals surface area contributed by atoms with Crippen LogP contribution in [0.3, 0.4) is 0 Å². The van der Waals surface area contributed by atoms with Crippen molar-refractivity contribution in [2.24, 2.45) is 12.8 Å². The minimum atomic E-state index is 0.431. The summed E-state index contributed by atoms with van der Waals surface area (Å²) < 4.78 is 1.98. The predicted molar refractivity (Wildman–Crippen MR) is 62.8 cm³/mol. The van der Waals surface area contributed by atoms with Crippen molar-refractivity contribution in [3.63, 3.8) is 0 Å². The fourth-order valence-corrected chi connectivity index (χ4v) is 3.32. The first-order chi connectivity index (χ1) is 7.74. The Kier molecular flexibility index (Phi) is 2.48. The van der Waals surface area contributed by atoms with E-state index in [2.05, 4.69) is 16.1 Å². The normalized spacial score (nSPS) is 34.5. The lowest BCUT2D eigenvalue weighted by Gasteiger charge is -2.37. The van der Waals surface area contributed by atoms with Crippen LogP contribution >= 0.6 is 0 Å². The van der Waals surface area contributed by atoms with E-state index in [1.165, 1.54) is 31.4 Å². The van der Waals surface area contributed by atoms with E-state index in [-0.39, 0.29) is 0 Å². The smallest absolute Gasteiger partial charge is 0.0521 e. The summed E-state index contributed by atoms with van der Waals surface area (Å²) in [6.07, 6.45) is 6.89. The van der Waals surface area contributed by atoms with Crippen LogP contribution in [0.2, 0.25) is 0 Å². The van der Waals surface area contributed by atoms with Gasteiger partial charge in [-0.05, 0) is 31.7 Å². The van der Waals surface area contributed by atoms with Gasteiger partial charge in [0.2, 0.25) is 0 Å². The summed E-state index contributed by atoms with van der Waals surface area (Å²) in [7, 11) is 2.02. The molecule has 3 rings (SSSR count). The highest BCUT2D eigenvalue weighted by molar-refractivity contribution is 5.04. The molecule has 1 aromatic heterocycles. The van der Waals surface area contributed by atoms with Crippen molar-refractivity contribution in [1.82, 2.24) is 14.7 Å². The second kappa shape index (κ2) is 3.86. The molecule has 2 N–H and O–H groups in total. The van der Waals surface area contributed by atoms with Gasteiger partial charge in [0.15, 0.2) is 0 Å². The first-order valence-corrected chi connectivity index (χ1v) is 6.22. The van der Waals surface area contributed by atoms with E-state index in [0.717, 1.165) is 6.54 Å². The van der Waals surface area contributed by atoms with Gasteiger partial charge in [0.05, 0.1) is 5.69 Å². The molecular weight excluding hydrogens is 200 g/mol. The molecule has 0 aliphatic carbocycles. The molecule has 0 aromatic carbocycles. The third kappa shape index (κ3) is 1.66. The maximum absolute atomic E-state index is 6.08. The number of nitrogens with zero attached hydrogens (tertiary/aromatic N) is 3. The van der Waals surface area contributed by atoms with Gasteiger partial charge >= 0.3 is 0 Å². The van der Waals surface area contributed by atoms with Crippen molar-refractivity contribution in [3.05, 3.63) is 18.0 Å². The van der Waals surface area contributed by atoms with Gasteiger partial charge in [-0.1, -0.05) is 0 Å². The Morgan fingerprint density at radius 3 is 2.62 bits per heavy atom. The number of piperidine rings is 1. The molecule has 1 aromatic rings. The highest BCUT2D eigenvalue weighted by Gasteiger charge is 2.39. The molecule has 0 radical (unpaired) electrons. The molecule has 3 heterocycles. The highest BCUT2D eigenvalue weighted by Crippen LogP contribution is 2.35. The van der Waals surface area contributed by atoms with Crippen LogP contribution in [0.5, 0.6) is 0 Å². The van der Waals surface area contributed by atoms with Crippen LogP contribution in [0.25, 0.3) is 0 Å². The summed E-state index contributed by atoms with van der Waals surface area (Å²) >= 11 is 0. The minimum absolute atomic E-state index is 0.431. The molecule has 0 amide bonds. The molecule has 4 heteroatoms. The fourth-order valence-electron chi connectivity index (χ4n) is 3.32. The van der Waals surface area contributed by atoms with Crippen LogP contribution in [-0.4, -0.2) is 32.8 Å². The van der Waals surface area contributed by atoms with Gasteiger partial charge in [0, 0.05) is 37.9 Å². The van der Waals surface area contributed by atoms with Gasteiger partial charge in [-0.2, -0.15) is 5.10 Å². The van der Waals surface area contributed by atoms with E-state index in [9.17, 15) is 0 Å². The number of fused-ring (bicyclic) bond motifs is 2. The molecule has 2 bridgehead atoms. The van der Waals surface area contributed by atoms with E-state index < -0.39 is 0 Å². The molecule has 2 aliphatic heterocycles. The maximum atomic E-state index is 6.08. The Bertz CT molecular complexity index is 359. The molecule has 2 atom stereocenters. The lowest BCUT2D eigenvalue weighted by Crippen LogP contribution is -2.47. The zero-order chi connectivity index (χ0) is 11.1. The summed E-state index contributed by atoms with van der Waals surface area (Å²) in [5.41, 5.74) is 7.39. The molecule has 0 saturated carbocycles. The summed E-state index contributed by atoms with van der Waals surface area (Å²) in [5.74, 6) is 0. The maximum Gasteiger partial charge on any atom is 0.0521 e. The molecule has 2 fully saturated rings. The van der Waals surface area contributed by atoms with Gasteiger partial charge in [-0.15, -0.1) is 0 Å². The Morgan fingerprint density at radius 1 is 1.38 bits per heavy atom. The van der Waals surface area contributed by atoms with Crippen molar-refractivity contribution in [1.29, 1.82) is 0 Å². The van der Waals surface area contributed by atoms with Gasteiger partial charge in [0.1, 0.15) is 0 Å². The summed E-state index contributed by atoms with van der Waals surface area (Å²) in [6, 6.07) is 3.97. The van der Waals surface area contributed by atoms with E-state index in [0.29, 0.717) is 18.1 Å². The van der Waals surface area contributed by atoms with E-state index in [4.69, 9.17) is 5.73 Å². The standard InChI is InChI=1S/C12H20N4/c1-15-12(4-5-14-15)8-16-10-2-3-11(16)7-9(13)6-10/h4-5,9-11H,2-3,6-8,13H2,1H3. The third-order valence-corrected chi connectivity index (χ3v) is 4.19. The number of hydrogen-bond acceptors (Lipinski definition) is 3. The Labute approximate surface area is 96.4 Å². The van der Waals surface area contributed by atoms with Gasteiger partial charge in [0.25, 0.3) is 0 Å². The zero-order valence-corrected chi connectivity index (χ0v) is 9.84. The van der Waals surface area contributed by atoms with Crippen molar-refractivity contribution in [3.8, 4) is 0 Å². The molecule has 4 nitrogen and oxygen atoms in total. The lowest BCUT2D eigenvalue weighted by molar-refractivity contribution is 0.117. The van der Waals surface area contributed by atoms with Crippen molar-refractivity contribution >= 4 is 0 Å². The molecule has 16 heavy (non-hydrogen) atoms. The zero-order valence-electron chi connectivity index (χ0n) is 9.84. The SMILES string of the molecule is Cn1nccc1CN1C2CCC1CC(N)C2. The largest absolute Gasteiger partial charge is 0.328 e. The van der Waals surface area contributed by atoms with Crippen LogP contribution in [0.1, 0.15) is 31.4 Å². The first kappa shape index (κ1) is 10.3. The number of hydrogen-bond donors (Lipinski definition) is 1. The monoisotopic (exact) mass is 220 g/mol. The van der Waals surface area contributed by atoms with Crippen molar-refractivity contribution in [2.75, 3.05) is 0 Å². The van der Waals surface area contributed by atoms with Gasteiger partial charge in [-0.25, -0.2) is 0 Å². The lowest BCUT2D eigenvalue weighted by atomic mass is 9.98. The minimum Gasteiger partial charge on any atom is -0.328 e. The van der Waals surface area contributed by atoms with E-state index in [1.807, 2.05) is 17.9 Å². The topological polar surface area (TPSA) is 47.1 Å². The predicted octanol–water partition coefficient (Wildman–Crippen LogP) is 0.874. The summed E-state index contributed by atoms with van der Waals surface area (Å²) in [6.45, 7) is 1.04. The fraction of sp³-hybridized carbons (Fsp3) is 0.750. The molecule has 2 unspecified atom stereocenters. The molecule has 88 valence electrons. The van der Waals surface area contributed by atoms with Crippen LogP contribution in [0.15, 0.2) is 12.3 Å². The van der Waals surface area contributed by atoms with Crippen LogP contribution in [0.4, 0.5) is 0 Å². The third-order valence-electron chi connectivity index (χ3n) is 4.19. The van der Waals surface area contributed by atoms with Crippen LogP contribution in [0, 0.1) is 0 Å². The summed E-state index contributed by atoms with van der Waals surface area (Å²) in [4.78, 5) is 2.64. The van der Waals surface area contributed by atoms with Crippen LogP contribution < -0.4 is 5.73 Å². The molecule has 2 aliphatic rings. The molecule has 0 spiro atoms. The number of aryl methyl sites for hydroxylation is 1. The highest BCUT2D eigenvalue weighted by atomic mass is 15.3. The quantitative estimate of drug-likeness (QED) is 0.804. The number of rotatable bonds is 2. The summed E-state index contributed by atoms with van der Waals surface area (Å²) in [5, 5.41) is 4.23. The Balaban J connectivity index is 1.75. The van der Waals surface area contributed by atoms with Crippen molar-refractivity contribution in [2.45, 2.75) is 50.4 Å². The second-order valence-electron chi connectivity index (χ2n) is 5.23. The molecular formula is C12H20N4. The van der Waals surface area contributed by atoms with Gasteiger partial charge in [-0.3, -0.25) is 9.58 Å². The van der Waals surface area contributed by atoms with E-state index >= 15 is 0 Å². The van der Waals surface area contributed by atoms with Gasteiger partial charge < -0.3 is 5.73 Å². The molecule has 2 saturated heterocycles. The van der Waals surface area contributed by atoms with E-state index in [1.54, 1.807) is 0 Å². The average Bonchev–Trinajstić information content (AvgIpc) is 2.73. The van der Waals surface area contributed by atoms with Crippen molar-refractivity contribution < 1.29 is 0 Å². The Morgan fingerprint density at radius 2 is 2.06 bits per heavy atom. The number of nitrogens with two attached hydrogens (primary N) is 1. The number of aromatic nitrogens is 2. The second-order valence-corrected chi connectivity index (χ2v) is 5.23. The average molecular weight is 220 g/mol. The first-order valence-electron chi connectivity index (χ1n) is 6.22. The Hall–Kier alpha value is -0.870. The van der Waals surface area contributed by atoms with Crippen LogP contribution in [-0.2, 0) is 13.6 Å².